The maximum absolute atomic E-state index is 12.4. The van der Waals surface area contributed by atoms with Crippen molar-refractivity contribution >= 4 is 49.6 Å². The van der Waals surface area contributed by atoms with Crippen molar-refractivity contribution in [1.82, 2.24) is 0 Å². The van der Waals surface area contributed by atoms with E-state index in [1.54, 1.807) is 24.3 Å². The monoisotopic (exact) mass is 437 g/mol. The first-order chi connectivity index (χ1) is 11.0. The third-order valence-electron chi connectivity index (χ3n) is 2.90. The fourth-order valence-corrected chi connectivity index (χ4v) is 2.61. The number of nitrogens with two attached hydrogens (primary N) is 1. The maximum atomic E-state index is 12.4. The van der Waals surface area contributed by atoms with Gasteiger partial charge in [-0.15, -0.1) is 0 Å². The number of allylic oxidation sites excluding steroid dienone is 1. The van der Waals surface area contributed by atoms with Gasteiger partial charge in [-0.2, -0.15) is 0 Å². The van der Waals surface area contributed by atoms with Gasteiger partial charge in [0.1, 0.15) is 5.75 Å². The normalized spacial score (nSPS) is 10.7. The SMILES string of the molecule is NC(=O)COc1ccc(Br)cc1C(=O)/C=C/c1ccccc1Br. The summed E-state index contributed by atoms with van der Waals surface area (Å²) in [5.41, 5.74) is 6.31. The molecule has 0 aromatic heterocycles. The van der Waals surface area contributed by atoms with Gasteiger partial charge in [-0.3, -0.25) is 9.59 Å². The van der Waals surface area contributed by atoms with Crippen molar-refractivity contribution in [3.8, 4) is 5.75 Å². The average Bonchev–Trinajstić information content (AvgIpc) is 2.52. The number of ether oxygens (including phenoxy) is 1. The van der Waals surface area contributed by atoms with Crippen LogP contribution in [0.2, 0.25) is 0 Å². The third kappa shape index (κ3) is 5.04. The fraction of sp³-hybridized carbons (Fsp3) is 0.0588. The zero-order chi connectivity index (χ0) is 16.8. The summed E-state index contributed by atoms with van der Waals surface area (Å²) in [6, 6.07) is 12.5. The van der Waals surface area contributed by atoms with Crippen molar-refractivity contribution in [2.24, 2.45) is 5.73 Å². The van der Waals surface area contributed by atoms with E-state index in [0.717, 1.165) is 14.5 Å². The van der Waals surface area contributed by atoms with Gasteiger partial charge < -0.3 is 10.5 Å². The lowest BCUT2D eigenvalue weighted by atomic mass is 10.1. The van der Waals surface area contributed by atoms with Gasteiger partial charge in [0.25, 0.3) is 5.91 Å². The molecule has 2 rings (SSSR count). The molecule has 2 aromatic carbocycles. The van der Waals surface area contributed by atoms with Crippen LogP contribution >= 0.6 is 31.9 Å². The molecule has 4 nitrogen and oxygen atoms in total. The predicted molar refractivity (Wildman–Crippen MR) is 96.3 cm³/mol. The summed E-state index contributed by atoms with van der Waals surface area (Å²) in [6.07, 6.45) is 3.17. The molecule has 0 fully saturated rings. The first-order valence-corrected chi connectivity index (χ1v) is 8.23. The summed E-state index contributed by atoms with van der Waals surface area (Å²) < 4.78 is 6.92. The number of ketones is 1. The van der Waals surface area contributed by atoms with E-state index in [2.05, 4.69) is 31.9 Å². The van der Waals surface area contributed by atoms with Crippen LogP contribution < -0.4 is 10.5 Å². The van der Waals surface area contributed by atoms with Crippen LogP contribution in [0.1, 0.15) is 15.9 Å². The molecular weight excluding hydrogens is 426 g/mol. The predicted octanol–water partition coefficient (Wildman–Crippen LogP) is 3.97. The highest BCUT2D eigenvalue weighted by atomic mass is 79.9. The van der Waals surface area contributed by atoms with Crippen molar-refractivity contribution in [3.63, 3.8) is 0 Å². The van der Waals surface area contributed by atoms with E-state index >= 15 is 0 Å². The molecule has 2 N–H and O–H groups in total. The lowest BCUT2D eigenvalue weighted by Gasteiger charge is -2.08. The van der Waals surface area contributed by atoms with Gasteiger partial charge in [-0.1, -0.05) is 50.1 Å². The summed E-state index contributed by atoms with van der Waals surface area (Å²) in [4.78, 5) is 23.3. The van der Waals surface area contributed by atoms with E-state index < -0.39 is 5.91 Å². The molecule has 0 radical (unpaired) electrons. The maximum Gasteiger partial charge on any atom is 0.255 e. The number of rotatable bonds is 6. The van der Waals surface area contributed by atoms with Gasteiger partial charge in [-0.05, 0) is 42.0 Å². The average molecular weight is 439 g/mol. The number of benzene rings is 2. The zero-order valence-corrected chi connectivity index (χ0v) is 15.1. The topological polar surface area (TPSA) is 69.4 Å². The van der Waals surface area contributed by atoms with Gasteiger partial charge in [-0.25, -0.2) is 0 Å². The standard InChI is InChI=1S/C17H13Br2NO3/c18-12-6-8-16(23-10-17(20)22)13(9-12)15(21)7-5-11-3-1-2-4-14(11)19/h1-9H,10H2,(H2,20,22)/b7-5+. The van der Waals surface area contributed by atoms with Crippen molar-refractivity contribution < 1.29 is 14.3 Å². The smallest absolute Gasteiger partial charge is 0.255 e. The Morgan fingerprint density at radius 1 is 1.13 bits per heavy atom. The molecule has 0 aliphatic carbocycles. The van der Waals surface area contributed by atoms with E-state index in [4.69, 9.17) is 10.5 Å². The van der Waals surface area contributed by atoms with Crippen molar-refractivity contribution in [2.45, 2.75) is 0 Å². The molecule has 0 spiro atoms. The molecule has 0 saturated heterocycles. The van der Waals surface area contributed by atoms with Gasteiger partial charge >= 0.3 is 0 Å². The first kappa shape index (κ1) is 17.4. The third-order valence-corrected chi connectivity index (χ3v) is 4.11. The second-order valence-electron chi connectivity index (χ2n) is 4.61. The Morgan fingerprint density at radius 2 is 1.87 bits per heavy atom. The van der Waals surface area contributed by atoms with E-state index in [-0.39, 0.29) is 12.4 Å². The summed E-state index contributed by atoms with van der Waals surface area (Å²) in [7, 11) is 0. The van der Waals surface area contributed by atoms with Crippen molar-refractivity contribution in [1.29, 1.82) is 0 Å². The summed E-state index contributed by atoms with van der Waals surface area (Å²) in [5, 5.41) is 0. The molecule has 0 saturated carbocycles. The van der Waals surface area contributed by atoms with E-state index in [1.165, 1.54) is 6.08 Å². The highest BCUT2D eigenvalue weighted by Crippen LogP contribution is 2.25. The van der Waals surface area contributed by atoms with Gasteiger partial charge in [0, 0.05) is 8.95 Å². The van der Waals surface area contributed by atoms with Crippen LogP contribution in [0.3, 0.4) is 0 Å². The number of hydrogen-bond acceptors (Lipinski definition) is 3. The number of primary amides is 1. The zero-order valence-electron chi connectivity index (χ0n) is 12.0. The van der Waals surface area contributed by atoms with Crippen LogP contribution in [0.5, 0.6) is 5.75 Å². The molecule has 0 bridgehead atoms. The largest absolute Gasteiger partial charge is 0.483 e. The Bertz CT molecular complexity index is 772. The molecule has 2 aromatic rings. The minimum atomic E-state index is -0.602. The second kappa shape index (κ2) is 8.08. The Labute approximate surface area is 150 Å². The van der Waals surface area contributed by atoms with Gasteiger partial charge in [0.05, 0.1) is 5.56 Å². The lowest BCUT2D eigenvalue weighted by Crippen LogP contribution is -2.20. The molecule has 0 aliphatic heterocycles. The number of carbonyl (C=O) groups excluding carboxylic acids is 2. The van der Waals surface area contributed by atoms with Crippen LogP contribution in [0.4, 0.5) is 0 Å². The van der Waals surface area contributed by atoms with E-state index in [1.807, 2.05) is 24.3 Å². The summed E-state index contributed by atoms with van der Waals surface area (Å²) >= 11 is 6.74. The molecule has 1 amide bonds. The molecule has 0 unspecified atom stereocenters. The number of amides is 1. The molecule has 6 heteroatoms. The highest BCUT2D eigenvalue weighted by molar-refractivity contribution is 9.10. The molecule has 23 heavy (non-hydrogen) atoms. The molecule has 118 valence electrons. The first-order valence-electron chi connectivity index (χ1n) is 6.65. The minimum absolute atomic E-state index is 0.235. The van der Waals surface area contributed by atoms with Gasteiger partial charge in [0.2, 0.25) is 0 Å². The summed E-state index contributed by atoms with van der Waals surface area (Å²) in [5.74, 6) is -0.523. The Morgan fingerprint density at radius 3 is 2.57 bits per heavy atom. The molecule has 0 atom stereocenters. The number of halogens is 2. The Hall–Kier alpha value is -1.92. The van der Waals surface area contributed by atoms with Crippen molar-refractivity contribution in [2.75, 3.05) is 6.61 Å². The fourth-order valence-electron chi connectivity index (χ4n) is 1.84. The van der Waals surface area contributed by atoms with Crippen LogP contribution in [-0.4, -0.2) is 18.3 Å². The Kier molecular flexibility index (Phi) is 6.12. The van der Waals surface area contributed by atoms with E-state index in [0.29, 0.717) is 11.3 Å². The minimum Gasteiger partial charge on any atom is -0.483 e. The van der Waals surface area contributed by atoms with Gasteiger partial charge in [0.15, 0.2) is 12.4 Å². The summed E-state index contributed by atoms with van der Waals surface area (Å²) in [6.45, 7) is -0.282. The van der Waals surface area contributed by atoms with Crippen LogP contribution in [0.15, 0.2) is 57.5 Å². The second-order valence-corrected chi connectivity index (χ2v) is 6.38. The Balaban J connectivity index is 2.26. The highest BCUT2D eigenvalue weighted by Gasteiger charge is 2.12. The van der Waals surface area contributed by atoms with Crippen molar-refractivity contribution in [3.05, 3.63) is 68.6 Å². The molecule has 0 heterocycles. The number of hydrogen-bond donors (Lipinski definition) is 1. The number of carbonyl (C=O) groups is 2. The quantitative estimate of drug-likeness (QED) is 0.547. The molecule has 0 aliphatic rings. The van der Waals surface area contributed by atoms with Crippen LogP contribution in [0, 0.1) is 0 Å². The van der Waals surface area contributed by atoms with E-state index in [9.17, 15) is 9.59 Å². The lowest BCUT2D eigenvalue weighted by molar-refractivity contribution is -0.119. The van der Waals surface area contributed by atoms with Crippen LogP contribution in [-0.2, 0) is 4.79 Å². The molecular formula is C17H13Br2NO3. The van der Waals surface area contributed by atoms with Crippen LogP contribution in [0.25, 0.3) is 6.08 Å².